The fourth-order valence-electron chi connectivity index (χ4n) is 3.20. The number of hydrogen-bond acceptors (Lipinski definition) is 6. The lowest BCUT2D eigenvalue weighted by atomic mass is 10.1. The lowest BCUT2D eigenvalue weighted by molar-refractivity contribution is 0.0464. The van der Waals surface area contributed by atoms with Gasteiger partial charge in [0.2, 0.25) is 0 Å². The van der Waals surface area contributed by atoms with E-state index in [9.17, 15) is 4.79 Å². The Labute approximate surface area is 163 Å². The van der Waals surface area contributed by atoms with E-state index in [4.69, 9.17) is 14.0 Å². The molecule has 1 atom stereocenters. The Balaban J connectivity index is 1.42. The van der Waals surface area contributed by atoms with Gasteiger partial charge >= 0.3 is 5.97 Å². The second kappa shape index (κ2) is 7.38. The molecule has 0 aliphatic carbocycles. The molecule has 1 aliphatic heterocycles. The molecule has 0 saturated carbocycles. The molecule has 0 fully saturated rings. The maximum atomic E-state index is 12.3. The SMILES string of the molecule is CC1Cc2ccc(-c3cc(COC(=O)c4cccc(N(C)C)c4)no3)cc2O1. The van der Waals surface area contributed by atoms with Gasteiger partial charge in [-0.3, -0.25) is 0 Å². The van der Waals surface area contributed by atoms with Gasteiger partial charge in [-0.15, -0.1) is 0 Å². The molecule has 144 valence electrons. The van der Waals surface area contributed by atoms with Gasteiger partial charge in [-0.1, -0.05) is 23.4 Å². The van der Waals surface area contributed by atoms with E-state index in [0.29, 0.717) is 17.0 Å². The largest absolute Gasteiger partial charge is 0.490 e. The summed E-state index contributed by atoms with van der Waals surface area (Å²) in [4.78, 5) is 14.2. The quantitative estimate of drug-likeness (QED) is 0.623. The van der Waals surface area contributed by atoms with E-state index in [-0.39, 0.29) is 12.7 Å². The van der Waals surface area contributed by atoms with E-state index in [1.54, 1.807) is 18.2 Å². The summed E-state index contributed by atoms with van der Waals surface area (Å²) in [5.41, 5.74) is 4.08. The highest BCUT2D eigenvalue weighted by Gasteiger charge is 2.20. The molecule has 2 aromatic carbocycles. The van der Waals surface area contributed by atoms with E-state index in [0.717, 1.165) is 23.4 Å². The Morgan fingerprint density at radius 1 is 1.21 bits per heavy atom. The van der Waals surface area contributed by atoms with Crippen LogP contribution < -0.4 is 9.64 Å². The highest BCUT2D eigenvalue weighted by molar-refractivity contribution is 5.90. The van der Waals surface area contributed by atoms with Crippen molar-refractivity contribution in [1.82, 2.24) is 5.16 Å². The van der Waals surface area contributed by atoms with Crippen molar-refractivity contribution >= 4 is 11.7 Å². The van der Waals surface area contributed by atoms with Crippen LogP contribution in [0.1, 0.15) is 28.5 Å². The number of aromatic nitrogens is 1. The Kier molecular flexibility index (Phi) is 4.77. The first-order valence-corrected chi connectivity index (χ1v) is 9.19. The molecule has 6 heteroatoms. The monoisotopic (exact) mass is 378 g/mol. The van der Waals surface area contributed by atoms with Gasteiger partial charge in [0.15, 0.2) is 5.76 Å². The zero-order valence-electron chi connectivity index (χ0n) is 16.1. The van der Waals surface area contributed by atoms with Gasteiger partial charge in [0.05, 0.1) is 5.56 Å². The summed E-state index contributed by atoms with van der Waals surface area (Å²) in [5.74, 6) is 1.11. The van der Waals surface area contributed by atoms with Crippen LogP contribution >= 0.6 is 0 Å². The van der Waals surface area contributed by atoms with Crippen molar-refractivity contribution in [1.29, 1.82) is 0 Å². The number of carbonyl (C=O) groups excluding carboxylic acids is 1. The van der Waals surface area contributed by atoms with Crippen molar-refractivity contribution < 1.29 is 18.8 Å². The molecule has 3 aromatic rings. The topological polar surface area (TPSA) is 64.8 Å². The van der Waals surface area contributed by atoms with Crippen LogP contribution in [0.25, 0.3) is 11.3 Å². The number of hydrogen-bond donors (Lipinski definition) is 0. The maximum Gasteiger partial charge on any atom is 0.338 e. The molecule has 1 unspecified atom stereocenters. The highest BCUT2D eigenvalue weighted by Crippen LogP contribution is 2.33. The zero-order valence-corrected chi connectivity index (χ0v) is 16.1. The molecule has 1 aromatic heterocycles. The van der Waals surface area contributed by atoms with Crippen molar-refractivity contribution in [3.05, 3.63) is 65.4 Å². The molecular formula is C22H22N2O4. The van der Waals surface area contributed by atoms with Crippen molar-refractivity contribution in [2.45, 2.75) is 26.1 Å². The minimum atomic E-state index is -0.395. The van der Waals surface area contributed by atoms with E-state index < -0.39 is 5.97 Å². The van der Waals surface area contributed by atoms with Crippen LogP contribution in [0.3, 0.4) is 0 Å². The molecule has 4 rings (SSSR count). The van der Waals surface area contributed by atoms with E-state index in [2.05, 4.69) is 12.1 Å². The minimum absolute atomic E-state index is 0.0486. The van der Waals surface area contributed by atoms with E-state index >= 15 is 0 Å². The van der Waals surface area contributed by atoms with Gasteiger partial charge < -0.3 is 18.9 Å². The fourth-order valence-corrected chi connectivity index (χ4v) is 3.20. The third-order valence-electron chi connectivity index (χ3n) is 4.70. The summed E-state index contributed by atoms with van der Waals surface area (Å²) in [6.07, 6.45) is 1.11. The number of ether oxygens (including phenoxy) is 2. The van der Waals surface area contributed by atoms with Gasteiger partial charge in [0.25, 0.3) is 0 Å². The van der Waals surface area contributed by atoms with Gasteiger partial charge in [-0.25, -0.2) is 4.79 Å². The highest BCUT2D eigenvalue weighted by atomic mass is 16.5. The van der Waals surface area contributed by atoms with Crippen LogP contribution in [-0.2, 0) is 17.8 Å². The molecule has 2 heterocycles. The molecule has 0 N–H and O–H groups in total. The summed E-state index contributed by atoms with van der Waals surface area (Å²) in [6, 6.07) is 15.1. The van der Waals surface area contributed by atoms with Crippen molar-refractivity contribution in [3.8, 4) is 17.1 Å². The fraction of sp³-hybridized carbons (Fsp3) is 0.273. The molecular weight excluding hydrogens is 356 g/mol. The number of rotatable bonds is 5. The molecule has 1 aliphatic rings. The lowest BCUT2D eigenvalue weighted by Crippen LogP contribution is -2.11. The summed E-state index contributed by atoms with van der Waals surface area (Å²) in [5, 5.41) is 4.01. The Morgan fingerprint density at radius 3 is 2.89 bits per heavy atom. The third kappa shape index (κ3) is 3.71. The summed E-state index contributed by atoms with van der Waals surface area (Å²) >= 11 is 0. The first-order valence-electron chi connectivity index (χ1n) is 9.19. The number of benzene rings is 2. The van der Waals surface area contributed by atoms with Gasteiger partial charge in [-0.05, 0) is 36.8 Å². The number of esters is 1. The average molecular weight is 378 g/mol. The van der Waals surface area contributed by atoms with Crippen LogP contribution in [0.5, 0.6) is 5.75 Å². The van der Waals surface area contributed by atoms with Crippen molar-refractivity contribution in [2.75, 3.05) is 19.0 Å². The first kappa shape index (κ1) is 18.1. The molecule has 0 amide bonds. The molecule has 0 radical (unpaired) electrons. The molecule has 0 saturated heterocycles. The molecule has 6 nitrogen and oxygen atoms in total. The third-order valence-corrected chi connectivity index (χ3v) is 4.70. The van der Waals surface area contributed by atoms with E-state index in [1.165, 1.54) is 5.56 Å². The second-order valence-electron chi connectivity index (χ2n) is 7.16. The number of anilines is 1. The normalized spacial score (nSPS) is 15.0. The Morgan fingerprint density at radius 2 is 2.07 bits per heavy atom. The minimum Gasteiger partial charge on any atom is -0.490 e. The lowest BCUT2D eigenvalue weighted by Gasteiger charge is -2.13. The Bertz CT molecular complexity index is 1010. The number of carbonyl (C=O) groups is 1. The predicted octanol–water partition coefficient (Wildman–Crippen LogP) is 4.09. The maximum absolute atomic E-state index is 12.3. The summed E-state index contributed by atoms with van der Waals surface area (Å²) in [7, 11) is 3.85. The van der Waals surface area contributed by atoms with Gasteiger partial charge in [0.1, 0.15) is 24.2 Å². The molecule has 28 heavy (non-hydrogen) atoms. The summed E-state index contributed by atoms with van der Waals surface area (Å²) in [6.45, 7) is 2.10. The van der Waals surface area contributed by atoms with Crippen LogP contribution in [0.2, 0.25) is 0 Å². The smallest absolute Gasteiger partial charge is 0.338 e. The standard InChI is InChI=1S/C22H22N2O4/c1-14-9-15-7-8-16(11-20(15)27-14)21-12-18(23-28-21)13-26-22(25)17-5-4-6-19(10-17)24(2)3/h4-8,10-12,14H,9,13H2,1-3H3. The number of fused-ring (bicyclic) bond motifs is 1. The van der Waals surface area contributed by atoms with Crippen molar-refractivity contribution in [3.63, 3.8) is 0 Å². The van der Waals surface area contributed by atoms with Crippen LogP contribution in [0.15, 0.2) is 53.1 Å². The second-order valence-corrected chi connectivity index (χ2v) is 7.16. The molecule has 0 bridgehead atoms. The average Bonchev–Trinajstić information content (AvgIpc) is 3.31. The predicted molar refractivity (Wildman–Crippen MR) is 106 cm³/mol. The first-order chi connectivity index (χ1) is 13.5. The van der Waals surface area contributed by atoms with Crippen LogP contribution in [-0.4, -0.2) is 31.3 Å². The van der Waals surface area contributed by atoms with Crippen LogP contribution in [0.4, 0.5) is 5.69 Å². The van der Waals surface area contributed by atoms with Gasteiger partial charge in [0, 0.05) is 37.8 Å². The van der Waals surface area contributed by atoms with E-state index in [1.807, 2.05) is 49.3 Å². The van der Waals surface area contributed by atoms with Crippen LogP contribution in [0, 0.1) is 0 Å². The number of nitrogens with zero attached hydrogens (tertiary/aromatic N) is 2. The summed E-state index contributed by atoms with van der Waals surface area (Å²) < 4.78 is 16.6. The zero-order chi connectivity index (χ0) is 19.7. The molecule has 0 spiro atoms. The Hall–Kier alpha value is -3.28. The van der Waals surface area contributed by atoms with Gasteiger partial charge in [-0.2, -0.15) is 0 Å². The van der Waals surface area contributed by atoms with Crippen molar-refractivity contribution in [2.24, 2.45) is 0 Å².